The number of halogens is 1. The normalized spacial score (nSPS) is 10.3. The Morgan fingerprint density at radius 2 is 2.31 bits per heavy atom. The Labute approximate surface area is 84.0 Å². The SMILES string of the molecule is Cc1ncc(Br)c(-c2ccco2)n1. The summed E-state index contributed by atoms with van der Waals surface area (Å²) in [5.41, 5.74) is 0.789. The molecule has 0 fully saturated rings. The summed E-state index contributed by atoms with van der Waals surface area (Å²) in [5, 5.41) is 0. The molecule has 0 aliphatic heterocycles. The highest BCUT2D eigenvalue weighted by Gasteiger charge is 2.07. The molecule has 4 heteroatoms. The van der Waals surface area contributed by atoms with Crippen molar-refractivity contribution in [3.05, 3.63) is 34.9 Å². The maximum absolute atomic E-state index is 5.24. The second-order valence-corrected chi connectivity index (χ2v) is 3.45. The van der Waals surface area contributed by atoms with Gasteiger partial charge < -0.3 is 4.42 Å². The molecule has 2 heterocycles. The van der Waals surface area contributed by atoms with Crippen molar-refractivity contribution in [1.82, 2.24) is 9.97 Å². The zero-order valence-electron chi connectivity index (χ0n) is 6.99. The Hall–Kier alpha value is -1.16. The number of rotatable bonds is 1. The molecule has 2 aromatic rings. The summed E-state index contributed by atoms with van der Waals surface area (Å²) in [6.45, 7) is 1.85. The van der Waals surface area contributed by atoms with E-state index in [1.54, 1.807) is 12.5 Å². The molecule has 0 radical (unpaired) electrons. The first kappa shape index (κ1) is 8.44. The first-order valence-corrected chi connectivity index (χ1v) is 4.59. The Morgan fingerprint density at radius 3 is 3.00 bits per heavy atom. The van der Waals surface area contributed by atoms with E-state index in [0.717, 1.165) is 21.8 Å². The number of aryl methyl sites for hydroxylation is 1. The summed E-state index contributed by atoms with van der Waals surface area (Å²) in [5.74, 6) is 1.48. The summed E-state index contributed by atoms with van der Waals surface area (Å²) in [6.07, 6.45) is 3.35. The molecular formula is C9H7BrN2O. The largest absolute Gasteiger partial charge is 0.463 e. The van der Waals surface area contributed by atoms with Crippen LogP contribution in [0.3, 0.4) is 0 Å². The van der Waals surface area contributed by atoms with Gasteiger partial charge in [-0.1, -0.05) is 0 Å². The lowest BCUT2D eigenvalue weighted by Crippen LogP contribution is -1.90. The fourth-order valence-corrected chi connectivity index (χ4v) is 1.43. The first-order valence-electron chi connectivity index (χ1n) is 3.80. The van der Waals surface area contributed by atoms with Crippen molar-refractivity contribution in [3.8, 4) is 11.5 Å². The molecule has 0 aromatic carbocycles. The average Bonchev–Trinajstić information content (AvgIpc) is 2.61. The molecule has 2 rings (SSSR count). The Morgan fingerprint density at radius 1 is 1.46 bits per heavy atom. The second-order valence-electron chi connectivity index (χ2n) is 2.59. The summed E-state index contributed by atoms with van der Waals surface area (Å²) in [7, 11) is 0. The molecule has 0 aliphatic carbocycles. The Bertz CT molecular complexity index is 412. The lowest BCUT2D eigenvalue weighted by molar-refractivity contribution is 0.579. The van der Waals surface area contributed by atoms with Gasteiger partial charge in [0.1, 0.15) is 11.5 Å². The summed E-state index contributed by atoms with van der Waals surface area (Å²) in [6, 6.07) is 3.70. The zero-order valence-corrected chi connectivity index (χ0v) is 8.58. The topological polar surface area (TPSA) is 38.9 Å². The van der Waals surface area contributed by atoms with Gasteiger partial charge in [-0.3, -0.25) is 0 Å². The lowest BCUT2D eigenvalue weighted by atomic mass is 10.3. The van der Waals surface area contributed by atoms with Crippen molar-refractivity contribution in [1.29, 1.82) is 0 Å². The van der Waals surface area contributed by atoms with Crippen LogP contribution in [0.5, 0.6) is 0 Å². The van der Waals surface area contributed by atoms with Gasteiger partial charge in [-0.25, -0.2) is 9.97 Å². The number of hydrogen-bond acceptors (Lipinski definition) is 3. The van der Waals surface area contributed by atoms with E-state index >= 15 is 0 Å². The van der Waals surface area contributed by atoms with Crippen LogP contribution in [-0.2, 0) is 0 Å². The maximum Gasteiger partial charge on any atom is 0.153 e. The van der Waals surface area contributed by atoms with Crippen LogP contribution in [0.15, 0.2) is 33.5 Å². The molecule has 0 bridgehead atoms. The minimum Gasteiger partial charge on any atom is -0.463 e. The van der Waals surface area contributed by atoms with Crippen LogP contribution < -0.4 is 0 Å². The van der Waals surface area contributed by atoms with E-state index in [-0.39, 0.29) is 0 Å². The minimum absolute atomic E-state index is 0.731. The van der Waals surface area contributed by atoms with Gasteiger partial charge in [0.2, 0.25) is 0 Å². The highest BCUT2D eigenvalue weighted by atomic mass is 79.9. The van der Waals surface area contributed by atoms with Gasteiger partial charge >= 0.3 is 0 Å². The summed E-state index contributed by atoms with van der Waals surface area (Å²) >= 11 is 3.37. The highest BCUT2D eigenvalue weighted by molar-refractivity contribution is 9.10. The second kappa shape index (κ2) is 3.30. The molecule has 0 N–H and O–H groups in total. The van der Waals surface area contributed by atoms with Crippen LogP contribution in [0.25, 0.3) is 11.5 Å². The zero-order chi connectivity index (χ0) is 9.26. The van der Waals surface area contributed by atoms with E-state index < -0.39 is 0 Å². The third kappa shape index (κ3) is 1.62. The predicted molar refractivity (Wildman–Crippen MR) is 52.2 cm³/mol. The van der Waals surface area contributed by atoms with Crippen LogP contribution in [-0.4, -0.2) is 9.97 Å². The Balaban J connectivity index is 2.57. The van der Waals surface area contributed by atoms with Gasteiger partial charge in [-0.15, -0.1) is 0 Å². The van der Waals surface area contributed by atoms with Crippen molar-refractivity contribution < 1.29 is 4.42 Å². The van der Waals surface area contributed by atoms with Crippen LogP contribution in [0.1, 0.15) is 5.82 Å². The maximum atomic E-state index is 5.24. The van der Waals surface area contributed by atoms with Gasteiger partial charge in [0, 0.05) is 6.20 Å². The molecule has 0 spiro atoms. The van der Waals surface area contributed by atoms with Crippen molar-refractivity contribution in [2.24, 2.45) is 0 Å². The number of nitrogens with zero attached hydrogens (tertiary/aromatic N) is 2. The van der Waals surface area contributed by atoms with E-state index in [2.05, 4.69) is 25.9 Å². The lowest BCUT2D eigenvalue weighted by Gasteiger charge is -1.99. The van der Waals surface area contributed by atoms with E-state index in [1.807, 2.05) is 19.1 Å². The van der Waals surface area contributed by atoms with Crippen molar-refractivity contribution in [2.45, 2.75) is 6.92 Å². The van der Waals surface area contributed by atoms with Crippen LogP contribution >= 0.6 is 15.9 Å². The van der Waals surface area contributed by atoms with Crippen LogP contribution in [0.4, 0.5) is 0 Å². The monoisotopic (exact) mass is 238 g/mol. The molecule has 0 saturated carbocycles. The van der Waals surface area contributed by atoms with Gasteiger partial charge in [0.25, 0.3) is 0 Å². The highest BCUT2D eigenvalue weighted by Crippen LogP contribution is 2.25. The van der Waals surface area contributed by atoms with Gasteiger partial charge in [-0.05, 0) is 35.0 Å². The molecule has 0 saturated heterocycles. The van der Waals surface area contributed by atoms with Crippen LogP contribution in [0, 0.1) is 6.92 Å². The van der Waals surface area contributed by atoms with Gasteiger partial charge in [-0.2, -0.15) is 0 Å². The molecule has 13 heavy (non-hydrogen) atoms. The molecule has 0 atom stereocenters. The van der Waals surface area contributed by atoms with E-state index in [9.17, 15) is 0 Å². The van der Waals surface area contributed by atoms with Crippen LogP contribution in [0.2, 0.25) is 0 Å². The molecular weight excluding hydrogens is 232 g/mol. The number of aromatic nitrogens is 2. The van der Waals surface area contributed by atoms with E-state index in [0.29, 0.717) is 0 Å². The summed E-state index contributed by atoms with van der Waals surface area (Å²) in [4.78, 5) is 8.31. The smallest absolute Gasteiger partial charge is 0.153 e. The van der Waals surface area contributed by atoms with Crippen molar-refractivity contribution in [2.75, 3.05) is 0 Å². The molecule has 0 unspecified atom stereocenters. The fraction of sp³-hybridized carbons (Fsp3) is 0.111. The molecule has 0 amide bonds. The fourth-order valence-electron chi connectivity index (χ4n) is 1.04. The predicted octanol–water partition coefficient (Wildman–Crippen LogP) is 2.81. The van der Waals surface area contributed by atoms with Crippen molar-refractivity contribution >= 4 is 15.9 Å². The third-order valence-electron chi connectivity index (χ3n) is 1.62. The van der Waals surface area contributed by atoms with Gasteiger partial charge in [0.15, 0.2) is 5.76 Å². The molecule has 0 aliphatic rings. The Kier molecular flexibility index (Phi) is 2.14. The summed E-state index contributed by atoms with van der Waals surface area (Å²) < 4.78 is 6.08. The van der Waals surface area contributed by atoms with E-state index in [4.69, 9.17) is 4.42 Å². The quantitative estimate of drug-likeness (QED) is 0.767. The number of hydrogen-bond donors (Lipinski definition) is 0. The third-order valence-corrected chi connectivity index (χ3v) is 2.20. The average molecular weight is 239 g/mol. The van der Waals surface area contributed by atoms with Crippen molar-refractivity contribution in [3.63, 3.8) is 0 Å². The first-order chi connectivity index (χ1) is 6.27. The molecule has 3 nitrogen and oxygen atoms in total. The van der Waals surface area contributed by atoms with E-state index in [1.165, 1.54) is 0 Å². The molecule has 2 aromatic heterocycles. The van der Waals surface area contributed by atoms with Gasteiger partial charge in [0.05, 0.1) is 10.7 Å². The molecule has 66 valence electrons. The minimum atomic E-state index is 0.731. The number of furan rings is 1. The standard InChI is InChI=1S/C9H7BrN2O/c1-6-11-5-7(10)9(12-6)8-3-2-4-13-8/h2-5H,1H3.